The molecule has 0 saturated carbocycles. The number of carbonyl (C=O) groups excluding carboxylic acids is 1. The molecule has 1 amide bonds. The zero-order chi connectivity index (χ0) is 21.6. The van der Waals surface area contributed by atoms with Gasteiger partial charge in [0.15, 0.2) is 9.84 Å². The van der Waals surface area contributed by atoms with E-state index in [1.54, 1.807) is 24.1 Å². The third-order valence-electron chi connectivity index (χ3n) is 5.94. The van der Waals surface area contributed by atoms with Crippen molar-refractivity contribution in [1.82, 2.24) is 14.5 Å². The Kier molecular flexibility index (Phi) is 5.36. The van der Waals surface area contributed by atoms with Crippen molar-refractivity contribution in [3.63, 3.8) is 0 Å². The summed E-state index contributed by atoms with van der Waals surface area (Å²) in [6, 6.07) is 12.7. The van der Waals surface area contributed by atoms with Gasteiger partial charge in [0.1, 0.15) is 5.82 Å². The molecular formula is C22H24ClN3O3S. The Hall–Kier alpha value is -2.38. The fourth-order valence-electron chi connectivity index (χ4n) is 4.14. The van der Waals surface area contributed by atoms with E-state index in [-0.39, 0.29) is 29.5 Å². The number of aryl methyl sites for hydroxylation is 1. The second-order valence-electron chi connectivity index (χ2n) is 7.93. The molecule has 4 rings (SSSR count). The van der Waals surface area contributed by atoms with Crippen LogP contribution in [0.4, 0.5) is 0 Å². The van der Waals surface area contributed by atoms with Crippen molar-refractivity contribution in [3.05, 3.63) is 64.4 Å². The van der Waals surface area contributed by atoms with Gasteiger partial charge in [-0.3, -0.25) is 4.79 Å². The van der Waals surface area contributed by atoms with Crippen LogP contribution in [0.3, 0.4) is 0 Å². The summed E-state index contributed by atoms with van der Waals surface area (Å²) >= 11 is 5.96. The Morgan fingerprint density at radius 1 is 1.23 bits per heavy atom. The zero-order valence-corrected chi connectivity index (χ0v) is 18.7. The molecule has 1 fully saturated rings. The van der Waals surface area contributed by atoms with Gasteiger partial charge in [0.05, 0.1) is 34.6 Å². The maximum Gasteiger partial charge on any atom is 0.254 e. The molecule has 158 valence electrons. The van der Waals surface area contributed by atoms with E-state index < -0.39 is 9.84 Å². The number of hydrogen-bond donors (Lipinski definition) is 0. The highest BCUT2D eigenvalue weighted by Gasteiger charge is 2.31. The monoisotopic (exact) mass is 445 g/mol. The predicted molar refractivity (Wildman–Crippen MR) is 119 cm³/mol. The van der Waals surface area contributed by atoms with E-state index in [1.807, 2.05) is 48.7 Å². The number of carbonyl (C=O) groups is 1. The lowest BCUT2D eigenvalue weighted by molar-refractivity contribution is 0.0743. The highest BCUT2D eigenvalue weighted by atomic mass is 35.5. The summed E-state index contributed by atoms with van der Waals surface area (Å²) in [5.41, 5.74) is 3.11. The highest BCUT2D eigenvalue weighted by molar-refractivity contribution is 7.91. The van der Waals surface area contributed by atoms with Crippen LogP contribution in [0.2, 0.25) is 5.02 Å². The van der Waals surface area contributed by atoms with Crippen molar-refractivity contribution in [3.8, 4) is 0 Å². The van der Waals surface area contributed by atoms with Crippen LogP contribution in [-0.2, 0) is 9.84 Å². The number of hydrogen-bond acceptors (Lipinski definition) is 4. The summed E-state index contributed by atoms with van der Waals surface area (Å²) in [6.45, 7) is 3.85. The number of aromatic nitrogens is 2. The van der Waals surface area contributed by atoms with E-state index >= 15 is 0 Å². The molecular weight excluding hydrogens is 422 g/mol. The molecule has 3 aromatic rings. The Morgan fingerprint density at radius 3 is 2.57 bits per heavy atom. The van der Waals surface area contributed by atoms with Gasteiger partial charge < -0.3 is 9.47 Å². The molecule has 2 aromatic carbocycles. The van der Waals surface area contributed by atoms with Gasteiger partial charge in [0.2, 0.25) is 0 Å². The van der Waals surface area contributed by atoms with Crippen molar-refractivity contribution in [1.29, 1.82) is 0 Å². The van der Waals surface area contributed by atoms with Crippen molar-refractivity contribution in [2.75, 3.05) is 18.6 Å². The third kappa shape index (κ3) is 3.84. The first-order valence-corrected chi connectivity index (χ1v) is 12.1. The topological polar surface area (TPSA) is 72.3 Å². The molecule has 2 atom stereocenters. The lowest BCUT2D eigenvalue weighted by Crippen LogP contribution is -2.29. The van der Waals surface area contributed by atoms with E-state index in [0.29, 0.717) is 22.5 Å². The Morgan fingerprint density at radius 2 is 1.93 bits per heavy atom. The van der Waals surface area contributed by atoms with E-state index in [1.165, 1.54) is 0 Å². The van der Waals surface area contributed by atoms with Gasteiger partial charge >= 0.3 is 0 Å². The second kappa shape index (κ2) is 7.71. The molecule has 1 aliphatic rings. The van der Waals surface area contributed by atoms with Crippen molar-refractivity contribution >= 4 is 38.4 Å². The number of benzene rings is 2. The van der Waals surface area contributed by atoms with Gasteiger partial charge in [-0.05, 0) is 56.2 Å². The largest absolute Gasteiger partial charge is 0.335 e. The zero-order valence-electron chi connectivity index (χ0n) is 17.2. The first-order chi connectivity index (χ1) is 14.2. The molecule has 1 aromatic heterocycles. The smallest absolute Gasteiger partial charge is 0.254 e. The fraction of sp³-hybridized carbons (Fsp3) is 0.364. The lowest BCUT2D eigenvalue weighted by Gasteiger charge is -2.25. The standard InChI is InChI=1S/C22H24ClN3O3S/c1-14(16-4-7-18(23)8-5-16)25(3)22(27)17-6-9-21-20(12-17)24-15(2)26(21)19-10-11-30(28,29)13-19/h4-9,12,14,19H,10-11,13H2,1-3H3/t14-,19+/m1/s1. The van der Waals surface area contributed by atoms with E-state index in [2.05, 4.69) is 4.98 Å². The maximum absolute atomic E-state index is 13.1. The molecule has 1 saturated heterocycles. The summed E-state index contributed by atoms with van der Waals surface area (Å²) in [5, 5.41) is 0.659. The molecule has 0 unspecified atom stereocenters. The van der Waals surface area contributed by atoms with Crippen LogP contribution in [-0.4, -0.2) is 47.3 Å². The van der Waals surface area contributed by atoms with Crippen LogP contribution in [0.5, 0.6) is 0 Å². The Bertz CT molecular complexity index is 1220. The predicted octanol–water partition coefficient (Wildman–Crippen LogP) is 4.19. The number of fused-ring (bicyclic) bond motifs is 1. The minimum atomic E-state index is -3.00. The summed E-state index contributed by atoms with van der Waals surface area (Å²) in [4.78, 5) is 19.4. The minimum Gasteiger partial charge on any atom is -0.335 e. The summed E-state index contributed by atoms with van der Waals surface area (Å²) in [6.07, 6.45) is 0.594. The van der Waals surface area contributed by atoms with Gasteiger partial charge in [-0.1, -0.05) is 23.7 Å². The summed E-state index contributed by atoms with van der Waals surface area (Å²) < 4.78 is 25.8. The average Bonchev–Trinajstić information content (AvgIpc) is 3.23. The second-order valence-corrected chi connectivity index (χ2v) is 10.6. The number of rotatable bonds is 4. The molecule has 0 spiro atoms. The van der Waals surface area contributed by atoms with Crippen LogP contribution in [0.25, 0.3) is 11.0 Å². The number of nitrogens with zero attached hydrogens (tertiary/aromatic N) is 3. The SMILES string of the molecule is Cc1nc2cc(C(=O)N(C)[C@H](C)c3ccc(Cl)cc3)ccc2n1[C@H]1CCS(=O)(=O)C1. The molecule has 6 nitrogen and oxygen atoms in total. The maximum atomic E-state index is 13.1. The number of sulfone groups is 1. The number of amides is 1. The molecule has 1 aliphatic heterocycles. The molecule has 0 N–H and O–H groups in total. The van der Waals surface area contributed by atoms with Gasteiger partial charge in [-0.2, -0.15) is 0 Å². The molecule has 30 heavy (non-hydrogen) atoms. The quantitative estimate of drug-likeness (QED) is 0.603. The minimum absolute atomic E-state index is 0.102. The highest BCUT2D eigenvalue weighted by Crippen LogP contribution is 2.30. The Labute approximate surface area is 181 Å². The van der Waals surface area contributed by atoms with Crippen LogP contribution in [0.15, 0.2) is 42.5 Å². The fourth-order valence-corrected chi connectivity index (χ4v) is 5.96. The lowest BCUT2D eigenvalue weighted by atomic mass is 10.1. The number of imidazole rings is 1. The van der Waals surface area contributed by atoms with Crippen molar-refractivity contribution in [2.45, 2.75) is 32.4 Å². The molecule has 0 bridgehead atoms. The van der Waals surface area contributed by atoms with Gasteiger partial charge in [-0.25, -0.2) is 13.4 Å². The molecule has 0 aliphatic carbocycles. The van der Waals surface area contributed by atoms with E-state index in [0.717, 1.165) is 16.9 Å². The molecule has 2 heterocycles. The first-order valence-electron chi connectivity index (χ1n) is 9.88. The normalized spacial score (nSPS) is 19.1. The van der Waals surface area contributed by atoms with Crippen molar-refractivity contribution < 1.29 is 13.2 Å². The van der Waals surface area contributed by atoms with Gasteiger partial charge in [-0.15, -0.1) is 0 Å². The van der Waals surface area contributed by atoms with Crippen LogP contribution < -0.4 is 0 Å². The Balaban J connectivity index is 1.62. The van der Waals surface area contributed by atoms with E-state index in [9.17, 15) is 13.2 Å². The third-order valence-corrected chi connectivity index (χ3v) is 7.94. The van der Waals surface area contributed by atoms with Gasteiger partial charge in [0.25, 0.3) is 5.91 Å². The van der Waals surface area contributed by atoms with Crippen LogP contribution in [0.1, 0.15) is 47.2 Å². The van der Waals surface area contributed by atoms with Crippen LogP contribution >= 0.6 is 11.6 Å². The average molecular weight is 446 g/mol. The summed E-state index contributed by atoms with van der Waals surface area (Å²) in [5.74, 6) is 1.01. The van der Waals surface area contributed by atoms with Crippen molar-refractivity contribution in [2.24, 2.45) is 0 Å². The number of halogens is 1. The summed E-state index contributed by atoms with van der Waals surface area (Å²) in [7, 11) is -1.22. The van der Waals surface area contributed by atoms with Crippen LogP contribution in [0, 0.1) is 6.92 Å². The van der Waals surface area contributed by atoms with Gasteiger partial charge in [0, 0.05) is 17.6 Å². The molecule has 0 radical (unpaired) electrons. The first kappa shape index (κ1) is 20.9. The molecule has 8 heteroatoms. The van der Waals surface area contributed by atoms with E-state index in [4.69, 9.17) is 11.6 Å².